The summed E-state index contributed by atoms with van der Waals surface area (Å²) in [4.78, 5) is 12.2. The summed E-state index contributed by atoms with van der Waals surface area (Å²) < 4.78 is 5.74. The zero-order valence-corrected chi connectivity index (χ0v) is 14.1. The topological polar surface area (TPSA) is 38.3 Å². The molecular weight excluding hydrogens is 321 g/mol. The fourth-order valence-corrected chi connectivity index (χ4v) is 2.38. The van der Waals surface area contributed by atoms with Crippen LogP contribution in [0.15, 0.2) is 36.4 Å². The standard InChI is InChI=1S/C17H17Cl2NO2/c1-10-5-4-6-16(11(10)2)22-12(3)17(21)20-15-8-7-13(18)9-14(15)19/h4-9,12H,1-3H3,(H,20,21)/t12-/m0/s1. The normalized spacial score (nSPS) is 11.9. The number of amides is 1. The molecule has 0 fully saturated rings. The van der Waals surface area contributed by atoms with Crippen LogP contribution < -0.4 is 10.1 Å². The van der Waals surface area contributed by atoms with E-state index in [2.05, 4.69) is 5.32 Å². The molecule has 3 nitrogen and oxygen atoms in total. The van der Waals surface area contributed by atoms with Gasteiger partial charge >= 0.3 is 0 Å². The molecule has 22 heavy (non-hydrogen) atoms. The van der Waals surface area contributed by atoms with Crippen molar-refractivity contribution in [3.8, 4) is 5.75 Å². The Balaban J connectivity index is 2.07. The summed E-state index contributed by atoms with van der Waals surface area (Å²) in [5.41, 5.74) is 2.64. The van der Waals surface area contributed by atoms with Crippen molar-refractivity contribution in [1.82, 2.24) is 0 Å². The number of anilines is 1. The molecule has 2 rings (SSSR count). The maximum absolute atomic E-state index is 12.2. The maximum Gasteiger partial charge on any atom is 0.265 e. The molecule has 0 heterocycles. The second kappa shape index (κ2) is 7.03. The van der Waals surface area contributed by atoms with Crippen LogP contribution in [0.5, 0.6) is 5.75 Å². The van der Waals surface area contributed by atoms with Gasteiger partial charge in [-0.15, -0.1) is 0 Å². The predicted molar refractivity (Wildman–Crippen MR) is 91.1 cm³/mol. The second-order valence-electron chi connectivity index (χ2n) is 5.07. The highest BCUT2D eigenvalue weighted by Crippen LogP contribution is 2.26. The Bertz CT molecular complexity index is 701. The summed E-state index contributed by atoms with van der Waals surface area (Å²) in [5.74, 6) is 0.426. The third kappa shape index (κ3) is 3.93. The first-order valence-electron chi connectivity index (χ1n) is 6.87. The monoisotopic (exact) mass is 337 g/mol. The minimum absolute atomic E-state index is 0.273. The highest BCUT2D eigenvalue weighted by molar-refractivity contribution is 6.36. The lowest BCUT2D eigenvalue weighted by Crippen LogP contribution is -2.30. The van der Waals surface area contributed by atoms with Crippen molar-refractivity contribution in [3.63, 3.8) is 0 Å². The molecule has 1 atom stereocenters. The fourth-order valence-electron chi connectivity index (χ4n) is 1.92. The van der Waals surface area contributed by atoms with Crippen molar-refractivity contribution in [2.75, 3.05) is 5.32 Å². The number of halogens is 2. The predicted octanol–water partition coefficient (Wildman–Crippen LogP) is 5.02. The van der Waals surface area contributed by atoms with Crippen LogP contribution in [-0.4, -0.2) is 12.0 Å². The second-order valence-corrected chi connectivity index (χ2v) is 5.92. The zero-order valence-electron chi connectivity index (χ0n) is 12.6. The lowest BCUT2D eigenvalue weighted by atomic mass is 10.1. The minimum Gasteiger partial charge on any atom is -0.481 e. The average molecular weight is 338 g/mol. The van der Waals surface area contributed by atoms with E-state index in [4.69, 9.17) is 27.9 Å². The first kappa shape index (κ1) is 16.7. The maximum atomic E-state index is 12.2. The van der Waals surface area contributed by atoms with Crippen molar-refractivity contribution in [3.05, 3.63) is 57.6 Å². The third-order valence-corrected chi connectivity index (χ3v) is 3.96. The van der Waals surface area contributed by atoms with E-state index in [1.54, 1.807) is 25.1 Å². The molecule has 116 valence electrons. The Morgan fingerprint density at radius 2 is 1.91 bits per heavy atom. The first-order chi connectivity index (χ1) is 10.4. The van der Waals surface area contributed by atoms with Crippen molar-refractivity contribution in [2.24, 2.45) is 0 Å². The number of hydrogen-bond acceptors (Lipinski definition) is 2. The fraction of sp³-hybridized carbons (Fsp3) is 0.235. The van der Waals surface area contributed by atoms with E-state index in [0.29, 0.717) is 21.5 Å². The SMILES string of the molecule is Cc1cccc(O[C@@H](C)C(=O)Nc2ccc(Cl)cc2Cl)c1C. The number of carbonyl (C=O) groups is 1. The van der Waals surface area contributed by atoms with Gasteiger partial charge in [-0.1, -0.05) is 35.3 Å². The van der Waals surface area contributed by atoms with E-state index < -0.39 is 6.10 Å². The van der Waals surface area contributed by atoms with Gasteiger partial charge in [-0.25, -0.2) is 0 Å². The zero-order chi connectivity index (χ0) is 16.3. The average Bonchev–Trinajstić information content (AvgIpc) is 2.46. The quantitative estimate of drug-likeness (QED) is 0.850. The molecular formula is C17H17Cl2NO2. The third-order valence-electron chi connectivity index (χ3n) is 3.42. The smallest absolute Gasteiger partial charge is 0.265 e. The molecule has 2 aromatic carbocycles. The molecule has 0 unspecified atom stereocenters. The largest absolute Gasteiger partial charge is 0.481 e. The van der Waals surface area contributed by atoms with Gasteiger partial charge < -0.3 is 10.1 Å². The molecule has 0 bridgehead atoms. The summed E-state index contributed by atoms with van der Waals surface area (Å²) in [7, 11) is 0. The Hall–Kier alpha value is -1.71. The molecule has 0 aliphatic heterocycles. The molecule has 0 radical (unpaired) electrons. The molecule has 0 saturated heterocycles. The number of rotatable bonds is 4. The molecule has 2 aromatic rings. The van der Waals surface area contributed by atoms with Crippen molar-refractivity contribution >= 4 is 34.8 Å². The Kier molecular flexibility index (Phi) is 5.33. The van der Waals surface area contributed by atoms with E-state index in [9.17, 15) is 4.79 Å². The van der Waals surface area contributed by atoms with Crippen LogP contribution in [0.4, 0.5) is 5.69 Å². The summed E-state index contributed by atoms with van der Waals surface area (Å²) in [6.07, 6.45) is -0.646. The molecule has 5 heteroatoms. The number of aryl methyl sites for hydroxylation is 1. The summed E-state index contributed by atoms with van der Waals surface area (Å²) in [6, 6.07) is 10.7. The molecule has 1 amide bonds. The van der Waals surface area contributed by atoms with Gasteiger partial charge in [-0.3, -0.25) is 4.79 Å². The summed E-state index contributed by atoms with van der Waals surface area (Å²) in [6.45, 7) is 5.66. The highest BCUT2D eigenvalue weighted by Gasteiger charge is 2.17. The Morgan fingerprint density at radius 3 is 2.59 bits per heavy atom. The van der Waals surface area contributed by atoms with Gasteiger partial charge in [0.1, 0.15) is 5.75 Å². The van der Waals surface area contributed by atoms with Crippen LogP contribution in [-0.2, 0) is 4.79 Å². The minimum atomic E-state index is -0.646. The van der Waals surface area contributed by atoms with Crippen LogP contribution in [0.25, 0.3) is 0 Å². The first-order valence-corrected chi connectivity index (χ1v) is 7.63. The number of benzene rings is 2. The van der Waals surface area contributed by atoms with Crippen LogP contribution >= 0.6 is 23.2 Å². The number of carbonyl (C=O) groups excluding carboxylic acids is 1. The van der Waals surface area contributed by atoms with Gasteiger partial charge in [-0.2, -0.15) is 0 Å². The number of hydrogen-bond donors (Lipinski definition) is 1. The van der Waals surface area contributed by atoms with Crippen molar-refractivity contribution in [1.29, 1.82) is 0 Å². The Labute approximate surface area is 140 Å². The van der Waals surface area contributed by atoms with Gasteiger partial charge in [0, 0.05) is 5.02 Å². The molecule has 0 aromatic heterocycles. The van der Waals surface area contributed by atoms with E-state index in [1.165, 1.54) is 0 Å². The molecule has 1 N–H and O–H groups in total. The van der Waals surface area contributed by atoms with Gasteiger partial charge in [0.25, 0.3) is 5.91 Å². The number of nitrogens with one attached hydrogen (secondary N) is 1. The Morgan fingerprint density at radius 1 is 1.18 bits per heavy atom. The van der Waals surface area contributed by atoms with Crippen LogP contribution in [0.2, 0.25) is 10.0 Å². The highest BCUT2D eigenvalue weighted by atomic mass is 35.5. The molecule has 0 spiro atoms. The summed E-state index contributed by atoms with van der Waals surface area (Å²) >= 11 is 11.9. The van der Waals surface area contributed by atoms with E-state index in [0.717, 1.165) is 11.1 Å². The van der Waals surface area contributed by atoms with Gasteiger partial charge in [0.05, 0.1) is 10.7 Å². The molecule has 0 saturated carbocycles. The van der Waals surface area contributed by atoms with Gasteiger partial charge in [0.15, 0.2) is 6.10 Å². The van der Waals surface area contributed by atoms with Gasteiger partial charge in [-0.05, 0) is 56.2 Å². The van der Waals surface area contributed by atoms with E-state index >= 15 is 0 Å². The van der Waals surface area contributed by atoms with E-state index in [1.807, 2.05) is 32.0 Å². The van der Waals surface area contributed by atoms with E-state index in [-0.39, 0.29) is 5.91 Å². The lowest BCUT2D eigenvalue weighted by molar-refractivity contribution is -0.122. The van der Waals surface area contributed by atoms with Crippen molar-refractivity contribution < 1.29 is 9.53 Å². The summed E-state index contributed by atoms with van der Waals surface area (Å²) in [5, 5.41) is 3.64. The lowest BCUT2D eigenvalue weighted by Gasteiger charge is -2.17. The van der Waals surface area contributed by atoms with Crippen LogP contribution in [0.3, 0.4) is 0 Å². The number of ether oxygens (including phenoxy) is 1. The molecule has 0 aliphatic rings. The van der Waals surface area contributed by atoms with Crippen molar-refractivity contribution in [2.45, 2.75) is 26.9 Å². The molecule has 0 aliphatic carbocycles. The van der Waals surface area contributed by atoms with Gasteiger partial charge in [0.2, 0.25) is 0 Å². The van der Waals surface area contributed by atoms with Crippen LogP contribution in [0, 0.1) is 13.8 Å². The van der Waals surface area contributed by atoms with Crippen LogP contribution in [0.1, 0.15) is 18.1 Å².